The first-order valence-corrected chi connectivity index (χ1v) is 10.2. The van der Waals surface area contributed by atoms with Crippen molar-refractivity contribution in [3.63, 3.8) is 0 Å². The van der Waals surface area contributed by atoms with Crippen LogP contribution in [-0.4, -0.2) is 16.1 Å². The number of benzene rings is 2. The molecule has 0 spiro atoms. The van der Waals surface area contributed by atoms with Crippen LogP contribution >= 0.6 is 0 Å². The van der Waals surface area contributed by atoms with Crippen LogP contribution in [0.2, 0.25) is 0 Å². The van der Waals surface area contributed by atoms with Crippen LogP contribution in [0.15, 0.2) is 54.9 Å². The molecular weight excluding hydrogens is 381 g/mol. The summed E-state index contributed by atoms with van der Waals surface area (Å²) in [4.78, 5) is 15.5. The molecule has 154 valence electrons. The Bertz CT molecular complexity index is 1080. The second-order valence-electron chi connectivity index (χ2n) is 7.86. The highest BCUT2D eigenvalue weighted by molar-refractivity contribution is 5.89. The van der Waals surface area contributed by atoms with Crippen molar-refractivity contribution >= 4 is 5.97 Å². The molecule has 0 saturated carbocycles. The molecule has 3 aromatic rings. The smallest absolute Gasteiger partial charge is 0.336 e. The summed E-state index contributed by atoms with van der Waals surface area (Å²) in [6, 6.07) is 12.5. The number of aromatic carboxylic acids is 1. The molecule has 30 heavy (non-hydrogen) atoms. The van der Waals surface area contributed by atoms with Gasteiger partial charge in [0.1, 0.15) is 5.75 Å². The molecule has 0 saturated heterocycles. The van der Waals surface area contributed by atoms with Crippen LogP contribution in [0.4, 0.5) is 4.39 Å². The van der Waals surface area contributed by atoms with E-state index in [1.165, 1.54) is 23.4 Å². The Labute approximate surface area is 175 Å². The van der Waals surface area contributed by atoms with Gasteiger partial charge in [-0.2, -0.15) is 0 Å². The Morgan fingerprint density at radius 1 is 1.23 bits per heavy atom. The lowest BCUT2D eigenvalue weighted by Gasteiger charge is -2.26. The second kappa shape index (κ2) is 8.66. The summed E-state index contributed by atoms with van der Waals surface area (Å²) in [6.07, 6.45) is 7.81. The van der Waals surface area contributed by atoms with Crippen molar-refractivity contribution in [1.29, 1.82) is 0 Å². The molecule has 0 fully saturated rings. The summed E-state index contributed by atoms with van der Waals surface area (Å²) in [5.74, 6) is -0.0538. The van der Waals surface area contributed by atoms with Crippen molar-refractivity contribution in [2.24, 2.45) is 0 Å². The zero-order valence-corrected chi connectivity index (χ0v) is 16.9. The van der Waals surface area contributed by atoms with Crippen LogP contribution in [0.5, 0.6) is 11.5 Å². The first kappa shape index (κ1) is 20.1. The average Bonchev–Trinajstić information content (AvgIpc) is 2.74. The average molecular weight is 405 g/mol. The van der Waals surface area contributed by atoms with E-state index in [1.807, 2.05) is 25.1 Å². The largest absolute Gasteiger partial charge is 0.478 e. The van der Waals surface area contributed by atoms with Gasteiger partial charge in [0, 0.05) is 12.4 Å². The second-order valence-corrected chi connectivity index (χ2v) is 7.86. The summed E-state index contributed by atoms with van der Waals surface area (Å²) >= 11 is 0. The first-order chi connectivity index (χ1) is 14.5. The summed E-state index contributed by atoms with van der Waals surface area (Å²) in [6.45, 7) is 1.84. The van der Waals surface area contributed by atoms with E-state index in [-0.39, 0.29) is 11.6 Å². The van der Waals surface area contributed by atoms with E-state index in [0.29, 0.717) is 23.7 Å². The van der Waals surface area contributed by atoms with E-state index in [9.17, 15) is 14.3 Å². The zero-order valence-electron chi connectivity index (χ0n) is 16.9. The number of carbonyl (C=O) groups is 1. The molecule has 0 radical (unpaired) electrons. The topological polar surface area (TPSA) is 59.4 Å². The third-order valence-electron chi connectivity index (χ3n) is 5.76. The fourth-order valence-corrected chi connectivity index (χ4v) is 4.23. The Morgan fingerprint density at radius 2 is 2.10 bits per heavy atom. The Hall–Kier alpha value is -3.21. The van der Waals surface area contributed by atoms with Crippen LogP contribution in [0.1, 0.15) is 57.8 Å². The molecule has 1 aliphatic rings. The zero-order chi connectivity index (χ0) is 21.1. The highest BCUT2D eigenvalue weighted by Crippen LogP contribution is 2.37. The summed E-state index contributed by atoms with van der Waals surface area (Å²) in [5.41, 5.74) is 4.45. The molecule has 1 aliphatic carbocycles. The van der Waals surface area contributed by atoms with Gasteiger partial charge >= 0.3 is 5.97 Å². The van der Waals surface area contributed by atoms with Gasteiger partial charge in [-0.3, -0.25) is 4.98 Å². The molecule has 0 aliphatic heterocycles. The van der Waals surface area contributed by atoms with Crippen LogP contribution < -0.4 is 4.74 Å². The standard InChI is InChI=1S/C25H24FNO3/c1-16-5-10-24(23(26)13-16)30-20-8-9-21-17(3-2-4-18(21)14-20)6-7-19-15-27-12-11-22(19)25(28)29/h5,8-15,17H,2-4,6-7H2,1H3,(H,28,29). The Balaban J connectivity index is 1.50. The van der Waals surface area contributed by atoms with Crippen molar-refractivity contribution in [3.05, 3.63) is 88.5 Å². The van der Waals surface area contributed by atoms with Crippen molar-refractivity contribution < 1.29 is 19.0 Å². The number of carboxylic acids is 1. The van der Waals surface area contributed by atoms with E-state index in [4.69, 9.17) is 4.74 Å². The summed E-state index contributed by atoms with van der Waals surface area (Å²) in [5, 5.41) is 9.38. The first-order valence-electron chi connectivity index (χ1n) is 10.2. The van der Waals surface area contributed by atoms with Crippen molar-refractivity contribution in [2.75, 3.05) is 0 Å². The number of halogens is 1. The molecule has 4 nitrogen and oxygen atoms in total. The highest BCUT2D eigenvalue weighted by atomic mass is 19.1. The van der Waals surface area contributed by atoms with Crippen LogP contribution in [0.25, 0.3) is 0 Å². The van der Waals surface area contributed by atoms with Gasteiger partial charge in [-0.1, -0.05) is 12.1 Å². The van der Waals surface area contributed by atoms with Gasteiger partial charge in [-0.05, 0) is 97.5 Å². The number of carboxylic acid groups (broad SMARTS) is 1. The maximum absolute atomic E-state index is 14.1. The fraction of sp³-hybridized carbons (Fsp3) is 0.280. The van der Waals surface area contributed by atoms with Gasteiger partial charge in [0.2, 0.25) is 0 Å². The number of aryl methyl sites for hydroxylation is 3. The molecule has 1 aromatic heterocycles. The molecule has 0 bridgehead atoms. The maximum Gasteiger partial charge on any atom is 0.336 e. The number of aromatic nitrogens is 1. The van der Waals surface area contributed by atoms with Gasteiger partial charge < -0.3 is 9.84 Å². The quantitative estimate of drug-likeness (QED) is 0.540. The number of fused-ring (bicyclic) bond motifs is 1. The van der Waals surface area contributed by atoms with Gasteiger partial charge in [0.25, 0.3) is 0 Å². The van der Waals surface area contributed by atoms with Gasteiger partial charge in [0.15, 0.2) is 11.6 Å². The fourth-order valence-electron chi connectivity index (χ4n) is 4.23. The number of pyridine rings is 1. The van der Waals surface area contributed by atoms with Crippen LogP contribution in [-0.2, 0) is 12.8 Å². The number of hydrogen-bond acceptors (Lipinski definition) is 3. The minimum Gasteiger partial charge on any atom is -0.478 e. The Morgan fingerprint density at radius 3 is 2.90 bits per heavy atom. The SMILES string of the molecule is Cc1ccc(Oc2ccc3c(c2)CCCC3CCc2cnccc2C(=O)O)c(F)c1. The van der Waals surface area contributed by atoms with Crippen LogP contribution in [0, 0.1) is 12.7 Å². The molecule has 5 heteroatoms. The van der Waals surface area contributed by atoms with Crippen LogP contribution in [0.3, 0.4) is 0 Å². The lowest BCUT2D eigenvalue weighted by molar-refractivity contribution is 0.0695. The molecule has 1 heterocycles. The van der Waals surface area contributed by atoms with E-state index < -0.39 is 5.97 Å². The van der Waals surface area contributed by atoms with E-state index >= 15 is 0 Å². The summed E-state index contributed by atoms with van der Waals surface area (Å²) in [7, 11) is 0. The summed E-state index contributed by atoms with van der Waals surface area (Å²) < 4.78 is 19.9. The highest BCUT2D eigenvalue weighted by Gasteiger charge is 2.22. The third kappa shape index (κ3) is 4.35. The molecule has 1 N–H and O–H groups in total. The van der Waals surface area contributed by atoms with Gasteiger partial charge in [-0.15, -0.1) is 0 Å². The van der Waals surface area contributed by atoms with Gasteiger partial charge in [0.05, 0.1) is 5.56 Å². The van der Waals surface area contributed by atoms with Crippen molar-refractivity contribution in [3.8, 4) is 11.5 Å². The Kier molecular flexibility index (Phi) is 5.79. The number of hydrogen-bond donors (Lipinski definition) is 1. The molecule has 0 amide bonds. The number of nitrogens with zero attached hydrogens (tertiary/aromatic N) is 1. The van der Waals surface area contributed by atoms with Gasteiger partial charge in [-0.25, -0.2) is 9.18 Å². The molecule has 1 atom stereocenters. The van der Waals surface area contributed by atoms with E-state index in [0.717, 1.165) is 36.8 Å². The number of rotatable bonds is 6. The monoisotopic (exact) mass is 405 g/mol. The minimum absolute atomic E-state index is 0.227. The lowest BCUT2D eigenvalue weighted by Crippen LogP contribution is -2.12. The number of ether oxygens (including phenoxy) is 1. The molecular formula is C25H24FNO3. The normalized spacial score (nSPS) is 15.5. The van der Waals surface area contributed by atoms with Crippen molar-refractivity contribution in [1.82, 2.24) is 4.98 Å². The predicted octanol–water partition coefficient (Wildman–Crippen LogP) is 6.07. The molecule has 1 unspecified atom stereocenters. The third-order valence-corrected chi connectivity index (χ3v) is 5.76. The maximum atomic E-state index is 14.1. The molecule has 2 aromatic carbocycles. The molecule has 4 rings (SSSR count). The predicted molar refractivity (Wildman–Crippen MR) is 113 cm³/mol. The van der Waals surface area contributed by atoms with E-state index in [2.05, 4.69) is 11.1 Å². The van der Waals surface area contributed by atoms with Crippen molar-refractivity contribution in [2.45, 2.75) is 44.9 Å². The minimum atomic E-state index is -0.915. The van der Waals surface area contributed by atoms with E-state index in [1.54, 1.807) is 18.3 Å². The lowest BCUT2D eigenvalue weighted by atomic mass is 9.79.